The summed E-state index contributed by atoms with van der Waals surface area (Å²) in [5.41, 5.74) is 0.848. The van der Waals surface area contributed by atoms with Gasteiger partial charge >= 0.3 is 0 Å². The van der Waals surface area contributed by atoms with E-state index in [0.29, 0.717) is 21.6 Å². The third-order valence-electron chi connectivity index (χ3n) is 2.52. The summed E-state index contributed by atoms with van der Waals surface area (Å²) in [5, 5.41) is 20.8. The molecule has 4 heteroatoms. The maximum atomic E-state index is 9.63. The molecule has 16 heavy (non-hydrogen) atoms. The van der Waals surface area contributed by atoms with Crippen molar-refractivity contribution in [1.29, 1.82) is 0 Å². The first-order chi connectivity index (χ1) is 7.66. The van der Waals surface area contributed by atoms with Crippen molar-refractivity contribution in [3.8, 4) is 11.5 Å². The highest BCUT2D eigenvalue weighted by Gasteiger charge is 2.13. The van der Waals surface area contributed by atoms with Crippen LogP contribution in [0.4, 0.5) is 0 Å². The first-order valence-corrected chi connectivity index (χ1v) is 5.07. The van der Waals surface area contributed by atoms with Crippen LogP contribution in [0.5, 0.6) is 11.5 Å². The Hall–Kier alpha value is -1.87. The van der Waals surface area contributed by atoms with Gasteiger partial charge in [0.1, 0.15) is 5.75 Å². The van der Waals surface area contributed by atoms with E-state index in [1.54, 1.807) is 24.3 Å². The van der Waals surface area contributed by atoms with Crippen LogP contribution in [0.3, 0.4) is 0 Å². The zero-order chi connectivity index (χ0) is 11.3. The van der Waals surface area contributed by atoms with Gasteiger partial charge in [0.05, 0.1) is 5.02 Å². The Morgan fingerprint density at radius 2 is 1.81 bits per heavy atom. The fraction of sp³-hybridized carbons (Fsp3) is 0. The molecule has 2 N–H and O–H groups in total. The zero-order valence-corrected chi connectivity index (χ0v) is 8.82. The molecule has 3 aromatic rings. The third-order valence-corrected chi connectivity index (χ3v) is 2.80. The van der Waals surface area contributed by atoms with Gasteiger partial charge in [0, 0.05) is 16.8 Å². The molecule has 0 radical (unpaired) electrons. The monoisotopic (exact) mass is 234 g/mol. The summed E-state index contributed by atoms with van der Waals surface area (Å²) in [6.45, 7) is 0. The van der Waals surface area contributed by atoms with Gasteiger partial charge in [-0.2, -0.15) is 0 Å². The number of rotatable bonds is 0. The molecule has 0 fully saturated rings. The van der Waals surface area contributed by atoms with Crippen LogP contribution < -0.4 is 0 Å². The summed E-state index contributed by atoms with van der Waals surface area (Å²) in [4.78, 5) is 0. The van der Waals surface area contributed by atoms with E-state index in [2.05, 4.69) is 0 Å². The van der Waals surface area contributed by atoms with E-state index in [9.17, 15) is 10.2 Å². The smallest absolute Gasteiger partial charge is 0.177 e. The van der Waals surface area contributed by atoms with Crippen LogP contribution >= 0.6 is 11.6 Å². The molecule has 1 aromatic heterocycles. The van der Waals surface area contributed by atoms with Crippen LogP contribution in [0.25, 0.3) is 21.9 Å². The van der Waals surface area contributed by atoms with Crippen molar-refractivity contribution in [2.75, 3.05) is 0 Å². The molecule has 0 atom stereocenters. The maximum Gasteiger partial charge on any atom is 0.177 e. The third kappa shape index (κ3) is 1.15. The van der Waals surface area contributed by atoms with Gasteiger partial charge in [0.2, 0.25) is 0 Å². The van der Waals surface area contributed by atoms with Crippen molar-refractivity contribution in [2.24, 2.45) is 0 Å². The molecule has 0 aliphatic heterocycles. The highest BCUT2D eigenvalue weighted by molar-refractivity contribution is 6.36. The first kappa shape index (κ1) is 9.36. The quantitative estimate of drug-likeness (QED) is 0.624. The molecule has 0 saturated heterocycles. The van der Waals surface area contributed by atoms with E-state index < -0.39 is 0 Å². The number of hydrogen-bond acceptors (Lipinski definition) is 3. The minimum Gasteiger partial charge on any atom is -0.508 e. The predicted molar refractivity (Wildman–Crippen MR) is 62.1 cm³/mol. The molecular formula is C12H7ClO3. The molecule has 0 saturated carbocycles. The topological polar surface area (TPSA) is 53.6 Å². The van der Waals surface area contributed by atoms with Crippen molar-refractivity contribution < 1.29 is 14.6 Å². The Labute approximate surface area is 95.5 Å². The number of phenolic OH excluding ortho intramolecular Hbond substituents is 2. The van der Waals surface area contributed by atoms with Gasteiger partial charge in [-0.25, -0.2) is 0 Å². The standard InChI is InChI=1S/C12H7ClO3/c13-9-5-6(14)4-8-7-2-1-3-10(15)12(7)16-11(8)9/h1-5,14-15H. The van der Waals surface area contributed by atoms with Gasteiger partial charge in [0.25, 0.3) is 0 Å². The number of phenols is 2. The van der Waals surface area contributed by atoms with E-state index in [4.69, 9.17) is 16.0 Å². The lowest BCUT2D eigenvalue weighted by atomic mass is 10.1. The van der Waals surface area contributed by atoms with Crippen LogP contribution in [0.2, 0.25) is 5.02 Å². The number of halogens is 1. The second-order valence-electron chi connectivity index (χ2n) is 3.56. The lowest BCUT2D eigenvalue weighted by Crippen LogP contribution is -1.69. The predicted octanol–water partition coefficient (Wildman–Crippen LogP) is 3.65. The molecule has 0 amide bonds. The van der Waals surface area contributed by atoms with Crippen molar-refractivity contribution in [2.45, 2.75) is 0 Å². The molecule has 0 bridgehead atoms. The second-order valence-corrected chi connectivity index (χ2v) is 3.97. The summed E-state index contributed by atoms with van der Waals surface area (Å²) in [7, 11) is 0. The van der Waals surface area contributed by atoms with E-state index in [1.165, 1.54) is 6.07 Å². The fourth-order valence-electron chi connectivity index (χ4n) is 1.83. The Morgan fingerprint density at radius 3 is 2.62 bits per heavy atom. The maximum absolute atomic E-state index is 9.63. The lowest BCUT2D eigenvalue weighted by molar-refractivity contribution is 0.468. The molecular weight excluding hydrogens is 228 g/mol. The van der Waals surface area contributed by atoms with Gasteiger partial charge in [0.15, 0.2) is 16.9 Å². The number of aromatic hydroxyl groups is 2. The average molecular weight is 235 g/mol. The fourth-order valence-corrected chi connectivity index (χ4v) is 2.08. The average Bonchev–Trinajstić information content (AvgIpc) is 2.59. The Bertz CT molecular complexity index is 700. The summed E-state index contributed by atoms with van der Waals surface area (Å²) >= 11 is 5.95. The number of para-hydroxylation sites is 1. The number of hydrogen-bond donors (Lipinski definition) is 2. The number of benzene rings is 2. The summed E-state index contributed by atoms with van der Waals surface area (Å²) in [6, 6.07) is 8.02. The lowest BCUT2D eigenvalue weighted by Gasteiger charge is -1.94. The van der Waals surface area contributed by atoms with Gasteiger partial charge < -0.3 is 14.6 Å². The molecule has 0 aliphatic carbocycles. The van der Waals surface area contributed by atoms with Crippen LogP contribution in [0, 0.1) is 0 Å². The first-order valence-electron chi connectivity index (χ1n) is 4.69. The van der Waals surface area contributed by atoms with Gasteiger partial charge in [-0.3, -0.25) is 0 Å². The molecule has 0 unspecified atom stereocenters. The van der Waals surface area contributed by atoms with Gasteiger partial charge in [-0.15, -0.1) is 0 Å². The summed E-state index contributed by atoms with van der Waals surface area (Å²) in [5.74, 6) is 0.132. The molecule has 3 nitrogen and oxygen atoms in total. The van der Waals surface area contributed by atoms with E-state index in [-0.39, 0.29) is 11.5 Å². The van der Waals surface area contributed by atoms with Gasteiger partial charge in [-0.05, 0) is 12.1 Å². The molecule has 3 rings (SSSR count). The highest BCUT2D eigenvalue weighted by atomic mass is 35.5. The van der Waals surface area contributed by atoms with E-state index in [0.717, 1.165) is 5.39 Å². The van der Waals surface area contributed by atoms with Crippen LogP contribution in [-0.2, 0) is 0 Å². The van der Waals surface area contributed by atoms with Crippen molar-refractivity contribution in [3.05, 3.63) is 35.4 Å². The van der Waals surface area contributed by atoms with E-state index >= 15 is 0 Å². The van der Waals surface area contributed by atoms with Crippen molar-refractivity contribution >= 4 is 33.5 Å². The van der Waals surface area contributed by atoms with Gasteiger partial charge in [-0.1, -0.05) is 23.7 Å². The summed E-state index contributed by atoms with van der Waals surface area (Å²) in [6.07, 6.45) is 0. The second kappa shape index (κ2) is 3.06. The number of furan rings is 1. The summed E-state index contributed by atoms with van der Waals surface area (Å²) < 4.78 is 5.48. The van der Waals surface area contributed by atoms with Crippen molar-refractivity contribution in [1.82, 2.24) is 0 Å². The minimum absolute atomic E-state index is 0.0595. The Morgan fingerprint density at radius 1 is 1.00 bits per heavy atom. The van der Waals surface area contributed by atoms with Crippen LogP contribution in [0.15, 0.2) is 34.7 Å². The Kier molecular flexibility index (Phi) is 1.79. The van der Waals surface area contributed by atoms with Crippen LogP contribution in [0.1, 0.15) is 0 Å². The SMILES string of the molecule is Oc1cc(Cl)c2oc3c(O)cccc3c2c1. The largest absolute Gasteiger partial charge is 0.508 e. The van der Waals surface area contributed by atoms with Crippen molar-refractivity contribution in [3.63, 3.8) is 0 Å². The van der Waals surface area contributed by atoms with E-state index in [1.807, 2.05) is 0 Å². The molecule has 2 aromatic carbocycles. The zero-order valence-electron chi connectivity index (χ0n) is 8.07. The number of fused-ring (bicyclic) bond motifs is 3. The minimum atomic E-state index is 0.0595. The Balaban J connectivity index is 2.61. The molecule has 80 valence electrons. The highest BCUT2D eigenvalue weighted by Crippen LogP contribution is 2.38. The molecule has 1 heterocycles. The normalized spacial score (nSPS) is 11.3. The molecule has 0 aliphatic rings. The molecule has 0 spiro atoms. The van der Waals surface area contributed by atoms with Crippen LogP contribution in [-0.4, -0.2) is 10.2 Å².